The maximum Gasteiger partial charge on any atom is 0.161 e. The Morgan fingerprint density at radius 1 is 1.05 bits per heavy atom. The molecule has 5 heterocycles. The minimum absolute atomic E-state index is 0.525. The second-order valence-corrected chi connectivity index (χ2v) is 11.1. The molecular formula is C28H24ClN7S. The van der Waals surface area contributed by atoms with Gasteiger partial charge in [0.05, 0.1) is 38.5 Å². The van der Waals surface area contributed by atoms with E-state index in [-0.39, 0.29) is 0 Å². The van der Waals surface area contributed by atoms with Gasteiger partial charge in [0.25, 0.3) is 0 Å². The van der Waals surface area contributed by atoms with Gasteiger partial charge in [0.2, 0.25) is 0 Å². The van der Waals surface area contributed by atoms with Crippen molar-refractivity contribution in [3.8, 4) is 33.2 Å². The zero-order valence-electron chi connectivity index (χ0n) is 20.3. The summed E-state index contributed by atoms with van der Waals surface area (Å²) >= 11 is 7.72. The maximum absolute atomic E-state index is 6.19. The van der Waals surface area contributed by atoms with Crippen molar-refractivity contribution in [2.24, 2.45) is 5.92 Å². The highest BCUT2D eigenvalue weighted by Gasteiger charge is 2.17. The third-order valence-corrected chi connectivity index (χ3v) is 7.26. The number of pyridine rings is 2. The van der Waals surface area contributed by atoms with Gasteiger partial charge < -0.3 is 10.3 Å². The molecule has 0 amide bonds. The van der Waals surface area contributed by atoms with E-state index in [1.807, 2.05) is 48.7 Å². The molecule has 0 atom stereocenters. The Labute approximate surface area is 222 Å². The maximum atomic E-state index is 6.19. The van der Waals surface area contributed by atoms with Crippen molar-refractivity contribution >= 4 is 50.7 Å². The van der Waals surface area contributed by atoms with Crippen LogP contribution in [0, 0.1) is 5.92 Å². The van der Waals surface area contributed by atoms with E-state index in [0.29, 0.717) is 17.4 Å². The number of benzene rings is 1. The molecular weight excluding hydrogens is 502 g/mol. The first-order valence-corrected chi connectivity index (χ1v) is 13.1. The Balaban J connectivity index is 1.38. The molecule has 0 aliphatic heterocycles. The summed E-state index contributed by atoms with van der Waals surface area (Å²) in [7, 11) is 0. The van der Waals surface area contributed by atoms with E-state index < -0.39 is 0 Å². The lowest BCUT2D eigenvalue weighted by molar-refractivity contribution is 0.645. The average Bonchev–Trinajstić information content (AvgIpc) is 3.60. The number of allylic oxidation sites excluding steroid dienone is 1. The minimum atomic E-state index is 0.525. The number of aromatic amines is 2. The summed E-state index contributed by atoms with van der Waals surface area (Å²) in [5, 5.41) is 11.0. The van der Waals surface area contributed by atoms with Crippen molar-refractivity contribution in [3.05, 3.63) is 77.5 Å². The quantitative estimate of drug-likeness (QED) is 0.197. The molecule has 0 saturated carbocycles. The molecule has 0 spiro atoms. The molecule has 0 radical (unpaired) electrons. The first-order valence-electron chi connectivity index (χ1n) is 11.9. The Hall–Kier alpha value is -4.01. The molecule has 0 aliphatic rings. The van der Waals surface area contributed by atoms with Crippen LogP contribution >= 0.6 is 22.9 Å². The molecule has 184 valence electrons. The fourth-order valence-electron chi connectivity index (χ4n) is 4.42. The molecule has 6 rings (SSSR count). The van der Waals surface area contributed by atoms with Crippen LogP contribution in [0.1, 0.15) is 20.3 Å². The predicted octanol–water partition coefficient (Wildman–Crippen LogP) is 7.92. The third-order valence-electron chi connectivity index (χ3n) is 5.99. The van der Waals surface area contributed by atoms with Crippen molar-refractivity contribution in [2.45, 2.75) is 20.3 Å². The van der Waals surface area contributed by atoms with Crippen molar-refractivity contribution in [1.29, 1.82) is 0 Å². The van der Waals surface area contributed by atoms with Crippen LogP contribution in [-0.2, 0) is 0 Å². The van der Waals surface area contributed by atoms with Crippen LogP contribution in [0.15, 0.2) is 73.2 Å². The zero-order valence-corrected chi connectivity index (χ0v) is 21.9. The lowest BCUT2D eigenvalue weighted by atomic mass is 10.1. The van der Waals surface area contributed by atoms with Crippen LogP contribution in [-0.4, -0.2) is 30.1 Å². The number of H-pyrrole nitrogens is 2. The number of para-hydroxylation sites is 1. The molecule has 1 aromatic carbocycles. The van der Waals surface area contributed by atoms with Gasteiger partial charge in [-0.1, -0.05) is 44.2 Å². The van der Waals surface area contributed by atoms with Gasteiger partial charge in [0, 0.05) is 27.9 Å². The van der Waals surface area contributed by atoms with Crippen LogP contribution in [0.3, 0.4) is 0 Å². The number of aromatic nitrogens is 6. The summed E-state index contributed by atoms with van der Waals surface area (Å²) in [6, 6.07) is 16.0. The van der Waals surface area contributed by atoms with Crippen LogP contribution < -0.4 is 5.32 Å². The van der Waals surface area contributed by atoms with Gasteiger partial charge in [-0.05, 0) is 48.7 Å². The number of anilines is 1. The number of hydrogen-bond acceptors (Lipinski definition) is 6. The molecule has 0 aliphatic carbocycles. The Morgan fingerprint density at radius 3 is 2.76 bits per heavy atom. The zero-order chi connectivity index (χ0) is 25.5. The Morgan fingerprint density at radius 2 is 1.95 bits per heavy atom. The largest absolute Gasteiger partial charge is 0.358 e. The van der Waals surface area contributed by atoms with Gasteiger partial charge in [-0.3, -0.25) is 10.1 Å². The lowest BCUT2D eigenvalue weighted by Gasteiger charge is -2.12. The molecule has 0 unspecified atom stereocenters. The number of hydrogen-bond donors (Lipinski definition) is 3. The predicted molar refractivity (Wildman–Crippen MR) is 153 cm³/mol. The van der Waals surface area contributed by atoms with Crippen LogP contribution in [0.2, 0.25) is 4.34 Å². The molecule has 6 aromatic rings. The monoisotopic (exact) mass is 525 g/mol. The van der Waals surface area contributed by atoms with E-state index in [4.69, 9.17) is 21.6 Å². The second kappa shape index (κ2) is 9.46. The van der Waals surface area contributed by atoms with Gasteiger partial charge in [-0.25, -0.2) is 9.97 Å². The minimum Gasteiger partial charge on any atom is -0.358 e. The SMILES string of the molecule is C=C(CC(C)C)Nc1cncc(-c2ccc3[nH]nc(-c4nc5c(-c6ccc(Cl)s6)cccc5[nH]4)c3n2)c1. The highest BCUT2D eigenvalue weighted by molar-refractivity contribution is 7.19. The van der Waals surface area contributed by atoms with E-state index in [2.05, 4.69) is 52.0 Å². The van der Waals surface area contributed by atoms with Gasteiger partial charge in [0.15, 0.2) is 11.5 Å². The van der Waals surface area contributed by atoms with E-state index in [0.717, 1.165) is 65.9 Å². The standard InChI is InChI=1S/C28H24ClN7S/c1-15(2)11-16(3)31-18-12-17(13-30-14-18)20-7-8-22-26(32-20)27(36-35-22)28-33-21-6-4-5-19(25(21)34-28)23-9-10-24(29)37-23/h4-10,12-15,31H,3,11H2,1-2H3,(H,33,34)(H,35,36). The number of halogens is 1. The lowest BCUT2D eigenvalue weighted by Crippen LogP contribution is -2.02. The normalized spacial score (nSPS) is 11.6. The van der Waals surface area contributed by atoms with Crippen molar-refractivity contribution in [3.63, 3.8) is 0 Å². The molecule has 0 fully saturated rings. The molecule has 37 heavy (non-hydrogen) atoms. The van der Waals surface area contributed by atoms with Crippen LogP contribution in [0.5, 0.6) is 0 Å². The first-order chi connectivity index (χ1) is 17.9. The molecule has 0 bridgehead atoms. The van der Waals surface area contributed by atoms with E-state index in [1.54, 1.807) is 6.20 Å². The van der Waals surface area contributed by atoms with Gasteiger partial charge in [-0.2, -0.15) is 5.10 Å². The van der Waals surface area contributed by atoms with E-state index >= 15 is 0 Å². The topological polar surface area (TPSA) is 95.2 Å². The molecule has 7 nitrogen and oxygen atoms in total. The van der Waals surface area contributed by atoms with E-state index in [9.17, 15) is 0 Å². The smallest absolute Gasteiger partial charge is 0.161 e. The number of fused-ring (bicyclic) bond motifs is 2. The summed E-state index contributed by atoms with van der Waals surface area (Å²) in [5.41, 5.74) is 8.59. The number of nitrogens with zero attached hydrogens (tertiary/aromatic N) is 4. The second-order valence-electron chi connectivity index (χ2n) is 9.34. The van der Waals surface area contributed by atoms with Crippen molar-refractivity contribution in [1.82, 2.24) is 30.1 Å². The first kappa shape index (κ1) is 23.4. The molecule has 9 heteroatoms. The van der Waals surface area contributed by atoms with E-state index in [1.165, 1.54) is 11.3 Å². The fourth-order valence-corrected chi connectivity index (χ4v) is 5.49. The molecule has 3 N–H and O–H groups in total. The number of rotatable bonds is 7. The number of nitrogens with one attached hydrogen (secondary N) is 3. The van der Waals surface area contributed by atoms with Gasteiger partial charge in [-0.15, -0.1) is 11.3 Å². The van der Waals surface area contributed by atoms with Gasteiger partial charge >= 0.3 is 0 Å². The van der Waals surface area contributed by atoms with Gasteiger partial charge in [0.1, 0.15) is 5.52 Å². The third kappa shape index (κ3) is 4.61. The molecule has 0 saturated heterocycles. The summed E-state index contributed by atoms with van der Waals surface area (Å²) in [5.74, 6) is 1.18. The highest BCUT2D eigenvalue weighted by Crippen LogP contribution is 2.36. The highest BCUT2D eigenvalue weighted by atomic mass is 35.5. The van der Waals surface area contributed by atoms with Crippen LogP contribution in [0.4, 0.5) is 5.69 Å². The number of thiophene rings is 1. The molecule has 5 aromatic heterocycles. The summed E-state index contributed by atoms with van der Waals surface area (Å²) in [6.07, 6.45) is 4.50. The average molecular weight is 526 g/mol. The fraction of sp³-hybridized carbons (Fsp3) is 0.143. The van der Waals surface area contributed by atoms with Crippen molar-refractivity contribution < 1.29 is 0 Å². The number of imidazole rings is 1. The van der Waals surface area contributed by atoms with Crippen molar-refractivity contribution in [2.75, 3.05) is 5.32 Å². The van der Waals surface area contributed by atoms with Crippen LogP contribution in [0.25, 0.3) is 55.3 Å². The summed E-state index contributed by atoms with van der Waals surface area (Å²) in [4.78, 5) is 18.8. The Kier molecular flexibility index (Phi) is 5.98. The summed E-state index contributed by atoms with van der Waals surface area (Å²) < 4.78 is 0.746. The summed E-state index contributed by atoms with van der Waals surface area (Å²) in [6.45, 7) is 8.47. The Bertz CT molecular complexity index is 1760.